The monoisotopic (exact) mass is 315 g/mol. The second-order valence-corrected chi connectivity index (χ2v) is 7.31. The SMILES string of the molecule is Cc1ccc(-c2nc(NC(=O)C3(N)CCCC3)sc2C)cc1. The highest BCUT2D eigenvalue weighted by Crippen LogP contribution is 2.32. The summed E-state index contributed by atoms with van der Waals surface area (Å²) in [5.74, 6) is -0.103. The minimum absolute atomic E-state index is 0.103. The van der Waals surface area contributed by atoms with Crippen LogP contribution in [0.15, 0.2) is 24.3 Å². The van der Waals surface area contributed by atoms with E-state index < -0.39 is 5.54 Å². The van der Waals surface area contributed by atoms with Crippen LogP contribution in [0.2, 0.25) is 0 Å². The van der Waals surface area contributed by atoms with Crippen molar-refractivity contribution in [3.63, 3.8) is 0 Å². The van der Waals surface area contributed by atoms with Crippen molar-refractivity contribution >= 4 is 22.4 Å². The van der Waals surface area contributed by atoms with Crippen LogP contribution in [-0.2, 0) is 4.79 Å². The predicted octanol–water partition coefficient (Wildman–Crippen LogP) is 3.64. The first-order valence-corrected chi connectivity index (χ1v) is 8.44. The molecule has 4 nitrogen and oxygen atoms in total. The fourth-order valence-corrected chi connectivity index (χ4v) is 3.71. The Balaban J connectivity index is 1.80. The average Bonchev–Trinajstić information content (AvgIpc) is 3.07. The summed E-state index contributed by atoms with van der Waals surface area (Å²) in [7, 11) is 0. The van der Waals surface area contributed by atoms with E-state index in [-0.39, 0.29) is 5.91 Å². The molecule has 1 aliphatic rings. The van der Waals surface area contributed by atoms with Gasteiger partial charge in [0.05, 0.1) is 11.2 Å². The molecule has 1 saturated carbocycles. The Hall–Kier alpha value is -1.72. The lowest BCUT2D eigenvalue weighted by Crippen LogP contribution is -2.48. The van der Waals surface area contributed by atoms with Gasteiger partial charge < -0.3 is 11.1 Å². The molecule has 1 aromatic heterocycles. The van der Waals surface area contributed by atoms with Crippen molar-refractivity contribution in [2.45, 2.75) is 45.1 Å². The molecule has 1 amide bonds. The minimum atomic E-state index is -0.719. The van der Waals surface area contributed by atoms with Crippen molar-refractivity contribution < 1.29 is 4.79 Å². The maximum Gasteiger partial charge on any atom is 0.246 e. The zero-order valence-corrected chi connectivity index (χ0v) is 13.8. The normalized spacial score (nSPS) is 16.7. The van der Waals surface area contributed by atoms with Gasteiger partial charge in [0.1, 0.15) is 0 Å². The van der Waals surface area contributed by atoms with E-state index in [2.05, 4.69) is 41.5 Å². The maximum absolute atomic E-state index is 12.4. The summed E-state index contributed by atoms with van der Waals surface area (Å²) in [6, 6.07) is 8.26. The van der Waals surface area contributed by atoms with E-state index in [1.54, 1.807) is 0 Å². The van der Waals surface area contributed by atoms with E-state index >= 15 is 0 Å². The summed E-state index contributed by atoms with van der Waals surface area (Å²) in [6.45, 7) is 4.09. The number of hydrogen-bond acceptors (Lipinski definition) is 4. The third kappa shape index (κ3) is 2.91. The number of aromatic nitrogens is 1. The number of nitrogens with two attached hydrogens (primary N) is 1. The molecular weight excluding hydrogens is 294 g/mol. The average molecular weight is 315 g/mol. The number of carbonyl (C=O) groups is 1. The Morgan fingerprint density at radius 3 is 2.50 bits per heavy atom. The molecule has 0 saturated heterocycles. The van der Waals surface area contributed by atoms with Crippen LogP contribution in [0.3, 0.4) is 0 Å². The van der Waals surface area contributed by atoms with Crippen LogP contribution in [0.4, 0.5) is 5.13 Å². The summed E-state index contributed by atoms with van der Waals surface area (Å²) in [6.07, 6.45) is 3.56. The number of thiazole rings is 1. The third-order valence-electron chi connectivity index (χ3n) is 4.29. The third-order valence-corrected chi connectivity index (χ3v) is 5.18. The number of nitrogens with zero attached hydrogens (tertiary/aromatic N) is 1. The van der Waals surface area contributed by atoms with Gasteiger partial charge in [-0.3, -0.25) is 4.79 Å². The summed E-state index contributed by atoms with van der Waals surface area (Å²) >= 11 is 1.50. The Morgan fingerprint density at radius 2 is 1.86 bits per heavy atom. The molecule has 3 rings (SSSR count). The van der Waals surface area contributed by atoms with Crippen molar-refractivity contribution in [1.82, 2.24) is 4.98 Å². The zero-order valence-electron chi connectivity index (χ0n) is 13.0. The molecule has 0 spiro atoms. The van der Waals surface area contributed by atoms with Crippen LogP contribution in [0, 0.1) is 13.8 Å². The van der Waals surface area contributed by atoms with Gasteiger partial charge in [-0.05, 0) is 26.7 Å². The second kappa shape index (κ2) is 5.82. The Labute approximate surface area is 134 Å². The van der Waals surface area contributed by atoms with Crippen LogP contribution in [0.25, 0.3) is 11.3 Å². The first kappa shape index (κ1) is 15.2. The number of nitrogens with one attached hydrogen (secondary N) is 1. The fraction of sp³-hybridized carbons (Fsp3) is 0.412. The molecule has 22 heavy (non-hydrogen) atoms. The van der Waals surface area contributed by atoms with Crippen LogP contribution >= 0.6 is 11.3 Å². The molecule has 1 fully saturated rings. The molecule has 0 aliphatic heterocycles. The van der Waals surface area contributed by atoms with Crippen molar-refractivity contribution in [1.29, 1.82) is 0 Å². The lowest BCUT2D eigenvalue weighted by Gasteiger charge is -2.21. The first-order chi connectivity index (χ1) is 10.5. The lowest BCUT2D eigenvalue weighted by atomic mass is 9.98. The highest BCUT2D eigenvalue weighted by atomic mass is 32.1. The highest BCUT2D eigenvalue weighted by Gasteiger charge is 2.37. The summed E-state index contributed by atoms with van der Waals surface area (Å²) in [4.78, 5) is 18.0. The number of aryl methyl sites for hydroxylation is 2. The smallest absolute Gasteiger partial charge is 0.246 e. The second-order valence-electron chi connectivity index (χ2n) is 6.11. The summed E-state index contributed by atoms with van der Waals surface area (Å²) < 4.78 is 0. The number of amides is 1. The van der Waals surface area contributed by atoms with Gasteiger partial charge in [0, 0.05) is 10.4 Å². The molecule has 0 radical (unpaired) electrons. The van der Waals surface area contributed by atoms with Crippen LogP contribution in [0.5, 0.6) is 0 Å². The molecule has 1 heterocycles. The van der Waals surface area contributed by atoms with Crippen LogP contribution in [-0.4, -0.2) is 16.4 Å². The van der Waals surface area contributed by atoms with Gasteiger partial charge in [-0.25, -0.2) is 4.98 Å². The largest absolute Gasteiger partial charge is 0.317 e. The van der Waals surface area contributed by atoms with Crippen molar-refractivity contribution in [3.8, 4) is 11.3 Å². The summed E-state index contributed by atoms with van der Waals surface area (Å²) in [5.41, 5.74) is 8.69. The van der Waals surface area contributed by atoms with Gasteiger partial charge >= 0.3 is 0 Å². The fourth-order valence-electron chi connectivity index (χ4n) is 2.88. The first-order valence-electron chi connectivity index (χ1n) is 7.63. The van der Waals surface area contributed by atoms with E-state index in [4.69, 9.17) is 5.73 Å². The van der Waals surface area contributed by atoms with Crippen molar-refractivity contribution in [2.24, 2.45) is 5.73 Å². The van der Waals surface area contributed by atoms with E-state index in [0.29, 0.717) is 5.13 Å². The molecule has 116 valence electrons. The molecule has 1 aliphatic carbocycles. The lowest BCUT2D eigenvalue weighted by molar-refractivity contribution is -0.121. The van der Waals surface area contributed by atoms with Gasteiger partial charge in [-0.15, -0.1) is 11.3 Å². The van der Waals surface area contributed by atoms with Gasteiger partial charge in [-0.1, -0.05) is 42.7 Å². The van der Waals surface area contributed by atoms with Crippen molar-refractivity contribution in [2.75, 3.05) is 5.32 Å². The van der Waals surface area contributed by atoms with Gasteiger partial charge in [0.25, 0.3) is 0 Å². The Morgan fingerprint density at radius 1 is 1.23 bits per heavy atom. The van der Waals surface area contributed by atoms with Gasteiger partial charge in [-0.2, -0.15) is 0 Å². The quantitative estimate of drug-likeness (QED) is 0.908. The number of carbonyl (C=O) groups excluding carboxylic acids is 1. The van der Waals surface area contributed by atoms with Crippen LogP contribution < -0.4 is 11.1 Å². The molecule has 2 aromatic rings. The Kier molecular flexibility index (Phi) is 4.02. The number of rotatable bonds is 3. The van der Waals surface area contributed by atoms with E-state index in [1.165, 1.54) is 16.9 Å². The zero-order chi connectivity index (χ0) is 15.7. The molecule has 3 N–H and O–H groups in total. The standard InChI is InChI=1S/C17H21N3OS/c1-11-5-7-13(8-6-11)14-12(2)22-16(19-14)20-15(21)17(18)9-3-4-10-17/h5-8H,3-4,9-10,18H2,1-2H3,(H,19,20,21). The predicted molar refractivity (Wildman–Crippen MR) is 91.0 cm³/mol. The van der Waals surface area contributed by atoms with E-state index in [9.17, 15) is 4.79 Å². The maximum atomic E-state index is 12.4. The topological polar surface area (TPSA) is 68.0 Å². The highest BCUT2D eigenvalue weighted by molar-refractivity contribution is 7.16. The van der Waals surface area contributed by atoms with Crippen molar-refractivity contribution in [3.05, 3.63) is 34.7 Å². The van der Waals surface area contributed by atoms with Gasteiger partial charge in [0.2, 0.25) is 5.91 Å². The molecule has 5 heteroatoms. The molecular formula is C17H21N3OS. The van der Waals surface area contributed by atoms with Gasteiger partial charge in [0.15, 0.2) is 5.13 Å². The number of anilines is 1. The van der Waals surface area contributed by atoms with E-state index in [0.717, 1.165) is 41.8 Å². The molecule has 0 bridgehead atoms. The van der Waals surface area contributed by atoms with E-state index in [1.807, 2.05) is 6.92 Å². The van der Waals surface area contributed by atoms with Crippen LogP contribution in [0.1, 0.15) is 36.1 Å². The number of hydrogen-bond donors (Lipinski definition) is 2. The number of benzene rings is 1. The molecule has 0 atom stereocenters. The Bertz CT molecular complexity index is 684. The molecule has 0 unspecified atom stereocenters. The molecule has 1 aromatic carbocycles. The summed E-state index contributed by atoms with van der Waals surface area (Å²) in [5, 5.41) is 3.54. The minimum Gasteiger partial charge on any atom is -0.317 e.